The summed E-state index contributed by atoms with van der Waals surface area (Å²) in [5, 5.41) is 11.2. The van der Waals surface area contributed by atoms with Gasteiger partial charge in [-0.25, -0.2) is 4.79 Å². The van der Waals surface area contributed by atoms with Gasteiger partial charge in [0.25, 0.3) is 11.7 Å². The molecule has 1 N–H and O–H groups in total. The number of benzene rings is 2. The molecule has 27 heavy (non-hydrogen) atoms. The van der Waals surface area contributed by atoms with E-state index in [1.165, 1.54) is 36.4 Å². The highest BCUT2D eigenvalue weighted by molar-refractivity contribution is 7.99. The molecule has 2 aromatic rings. The zero-order chi connectivity index (χ0) is 19.6. The van der Waals surface area contributed by atoms with Crippen molar-refractivity contribution in [2.45, 2.75) is 10.7 Å². The normalized spacial score (nSPS) is 10.6. The first-order valence-electron chi connectivity index (χ1n) is 7.66. The first-order chi connectivity index (χ1) is 13.0. The van der Waals surface area contributed by atoms with E-state index >= 15 is 0 Å². The molecule has 0 atom stereocenters. The van der Waals surface area contributed by atoms with Crippen LogP contribution in [0.3, 0.4) is 0 Å². The van der Waals surface area contributed by atoms with Crippen molar-refractivity contribution in [2.24, 2.45) is 0 Å². The Hall–Kier alpha value is -3.18. The van der Waals surface area contributed by atoms with Gasteiger partial charge in [-0.05, 0) is 48.0 Å². The zero-order valence-electron chi connectivity index (χ0n) is 13.9. The molecule has 0 bridgehead atoms. The standard InChI is InChI=1S/C19H14F2N2O3S/c20-19(21)27-16-8-6-15(7-9-16)23-17(24)12-26-18(25)10-5-13-1-3-14(11-22)4-2-13/h1-10,19H,12H2,(H,23,24)/b10-5+. The fourth-order valence-electron chi connectivity index (χ4n) is 1.93. The molecule has 0 aromatic heterocycles. The molecule has 0 aliphatic heterocycles. The molecule has 1 amide bonds. The van der Waals surface area contributed by atoms with Crippen LogP contribution in [0.4, 0.5) is 14.5 Å². The van der Waals surface area contributed by atoms with Gasteiger partial charge >= 0.3 is 5.97 Å². The van der Waals surface area contributed by atoms with Crippen LogP contribution in [-0.4, -0.2) is 24.2 Å². The summed E-state index contributed by atoms with van der Waals surface area (Å²) in [7, 11) is 0. The summed E-state index contributed by atoms with van der Waals surface area (Å²) in [5.41, 5.74) is 1.62. The lowest BCUT2D eigenvalue weighted by Crippen LogP contribution is -2.20. The Bertz CT molecular complexity index is 860. The van der Waals surface area contributed by atoms with Gasteiger partial charge in [0.2, 0.25) is 0 Å². The minimum atomic E-state index is -2.51. The highest BCUT2D eigenvalue weighted by Crippen LogP contribution is 2.26. The molecule has 0 aliphatic rings. The molecular formula is C19H14F2N2O3S. The van der Waals surface area contributed by atoms with Gasteiger partial charge in [-0.3, -0.25) is 4.79 Å². The Balaban J connectivity index is 1.78. The minimum absolute atomic E-state index is 0.377. The summed E-state index contributed by atoms with van der Waals surface area (Å²) >= 11 is 0.407. The second-order valence-electron chi connectivity index (χ2n) is 5.13. The van der Waals surface area contributed by atoms with E-state index in [4.69, 9.17) is 10.00 Å². The molecule has 2 rings (SSSR count). The van der Waals surface area contributed by atoms with E-state index in [1.807, 2.05) is 6.07 Å². The van der Waals surface area contributed by atoms with Gasteiger partial charge in [-0.1, -0.05) is 23.9 Å². The Kier molecular flexibility index (Phi) is 7.52. The van der Waals surface area contributed by atoms with Crippen molar-refractivity contribution in [3.8, 4) is 6.07 Å². The lowest BCUT2D eigenvalue weighted by Gasteiger charge is -2.06. The van der Waals surface area contributed by atoms with Crippen LogP contribution in [0.1, 0.15) is 11.1 Å². The third-order valence-corrected chi connectivity index (χ3v) is 3.88. The average Bonchev–Trinajstić information content (AvgIpc) is 2.66. The molecule has 5 nitrogen and oxygen atoms in total. The number of hydrogen-bond donors (Lipinski definition) is 1. The molecule has 8 heteroatoms. The number of nitriles is 1. The van der Waals surface area contributed by atoms with Crippen LogP contribution >= 0.6 is 11.8 Å². The summed E-state index contributed by atoms with van der Waals surface area (Å²) < 4.78 is 29.3. The second-order valence-corrected chi connectivity index (χ2v) is 6.19. The van der Waals surface area contributed by atoms with E-state index in [2.05, 4.69) is 5.32 Å². The van der Waals surface area contributed by atoms with E-state index in [1.54, 1.807) is 24.3 Å². The van der Waals surface area contributed by atoms with Crippen LogP contribution in [0.5, 0.6) is 0 Å². The number of nitrogens with zero attached hydrogens (tertiary/aromatic N) is 1. The average molecular weight is 388 g/mol. The van der Waals surface area contributed by atoms with Crippen molar-refractivity contribution in [1.82, 2.24) is 0 Å². The maximum atomic E-state index is 12.2. The number of esters is 1. The summed E-state index contributed by atoms with van der Waals surface area (Å²) in [6.45, 7) is -0.482. The van der Waals surface area contributed by atoms with Crippen molar-refractivity contribution in [3.63, 3.8) is 0 Å². The third kappa shape index (κ3) is 7.30. The first-order valence-corrected chi connectivity index (χ1v) is 8.54. The number of thioether (sulfide) groups is 1. The number of carbonyl (C=O) groups is 2. The van der Waals surface area contributed by atoms with Crippen LogP contribution < -0.4 is 5.32 Å². The molecule has 0 heterocycles. The van der Waals surface area contributed by atoms with Crippen LogP contribution in [0, 0.1) is 11.3 Å². The maximum absolute atomic E-state index is 12.2. The summed E-state index contributed by atoms with van der Waals surface area (Å²) in [6, 6.07) is 14.4. The van der Waals surface area contributed by atoms with Crippen LogP contribution in [-0.2, 0) is 14.3 Å². The zero-order valence-corrected chi connectivity index (χ0v) is 14.7. The number of ether oxygens (including phenoxy) is 1. The molecule has 2 aromatic carbocycles. The Morgan fingerprint density at radius 2 is 1.81 bits per heavy atom. The molecule has 0 radical (unpaired) electrons. The Morgan fingerprint density at radius 3 is 2.41 bits per heavy atom. The first kappa shape index (κ1) is 20.1. The van der Waals surface area contributed by atoms with Gasteiger partial charge in [0.05, 0.1) is 11.6 Å². The summed E-state index contributed by atoms with van der Waals surface area (Å²) in [6.07, 6.45) is 2.67. The molecular weight excluding hydrogens is 374 g/mol. The van der Waals surface area contributed by atoms with Crippen molar-refractivity contribution in [2.75, 3.05) is 11.9 Å². The van der Waals surface area contributed by atoms with Gasteiger partial charge in [0.15, 0.2) is 6.61 Å². The smallest absolute Gasteiger partial charge is 0.331 e. The lowest BCUT2D eigenvalue weighted by atomic mass is 10.1. The maximum Gasteiger partial charge on any atom is 0.331 e. The van der Waals surface area contributed by atoms with Gasteiger partial charge in [-0.15, -0.1) is 0 Å². The predicted molar refractivity (Wildman–Crippen MR) is 98.1 cm³/mol. The third-order valence-electron chi connectivity index (χ3n) is 3.16. The van der Waals surface area contributed by atoms with Crippen LogP contribution in [0.25, 0.3) is 6.08 Å². The van der Waals surface area contributed by atoms with E-state index in [0.29, 0.717) is 33.5 Å². The largest absolute Gasteiger partial charge is 0.452 e. The van der Waals surface area contributed by atoms with E-state index in [0.717, 1.165) is 0 Å². The van der Waals surface area contributed by atoms with Gasteiger partial charge in [0, 0.05) is 16.7 Å². The fourth-order valence-corrected chi connectivity index (χ4v) is 2.43. The molecule has 0 aliphatic carbocycles. The highest BCUT2D eigenvalue weighted by Gasteiger charge is 2.08. The molecule has 0 saturated heterocycles. The van der Waals surface area contributed by atoms with Gasteiger partial charge in [0.1, 0.15) is 0 Å². The monoisotopic (exact) mass is 388 g/mol. The lowest BCUT2D eigenvalue weighted by molar-refractivity contribution is -0.142. The Morgan fingerprint density at radius 1 is 1.15 bits per heavy atom. The van der Waals surface area contributed by atoms with Crippen LogP contribution in [0.2, 0.25) is 0 Å². The number of anilines is 1. The number of nitrogens with one attached hydrogen (secondary N) is 1. The van der Waals surface area contributed by atoms with Gasteiger partial charge < -0.3 is 10.1 Å². The van der Waals surface area contributed by atoms with E-state index < -0.39 is 24.2 Å². The van der Waals surface area contributed by atoms with Crippen molar-refractivity contribution in [3.05, 3.63) is 65.7 Å². The second kappa shape index (κ2) is 10.1. The van der Waals surface area contributed by atoms with Crippen molar-refractivity contribution in [1.29, 1.82) is 5.26 Å². The number of carbonyl (C=O) groups excluding carboxylic acids is 2. The van der Waals surface area contributed by atoms with E-state index in [9.17, 15) is 18.4 Å². The number of halogens is 2. The molecule has 138 valence electrons. The van der Waals surface area contributed by atoms with Crippen molar-refractivity contribution < 1.29 is 23.1 Å². The molecule has 0 unspecified atom stereocenters. The highest BCUT2D eigenvalue weighted by atomic mass is 32.2. The fraction of sp³-hybridized carbons (Fsp3) is 0.105. The van der Waals surface area contributed by atoms with E-state index in [-0.39, 0.29) is 0 Å². The molecule has 0 fully saturated rings. The number of alkyl halides is 2. The van der Waals surface area contributed by atoms with Crippen molar-refractivity contribution >= 4 is 35.4 Å². The molecule has 0 saturated carbocycles. The van der Waals surface area contributed by atoms with Crippen LogP contribution in [0.15, 0.2) is 59.5 Å². The minimum Gasteiger partial charge on any atom is -0.452 e. The topological polar surface area (TPSA) is 79.2 Å². The summed E-state index contributed by atoms with van der Waals surface area (Å²) in [5.74, 6) is -3.76. The SMILES string of the molecule is N#Cc1ccc(/C=C/C(=O)OCC(=O)Nc2ccc(SC(F)F)cc2)cc1. The Labute approximate surface area is 158 Å². The number of rotatable bonds is 7. The van der Waals surface area contributed by atoms with Gasteiger partial charge in [-0.2, -0.15) is 14.0 Å². The molecule has 0 spiro atoms. The number of hydrogen-bond acceptors (Lipinski definition) is 5. The number of amides is 1. The quantitative estimate of drug-likeness (QED) is 0.439. The summed E-state index contributed by atoms with van der Waals surface area (Å²) in [4.78, 5) is 23.8. The predicted octanol–water partition coefficient (Wildman–Crippen LogP) is 4.07.